The van der Waals surface area contributed by atoms with Crippen molar-refractivity contribution in [3.8, 4) is 0 Å². The smallest absolute Gasteiger partial charge is 0.545 e. The molecule has 8 nitrogen and oxygen atoms in total. The van der Waals surface area contributed by atoms with E-state index in [1.54, 1.807) is 26.0 Å². The van der Waals surface area contributed by atoms with Crippen LogP contribution in [0.25, 0.3) is 0 Å². The first-order chi connectivity index (χ1) is 24.7. The molecule has 0 N–H and O–H groups in total. The van der Waals surface area contributed by atoms with E-state index in [2.05, 4.69) is 51.2 Å². The van der Waals surface area contributed by atoms with Crippen molar-refractivity contribution in [3.63, 3.8) is 0 Å². The number of carboxylic acid groups (broad SMARTS) is 1. The first-order valence-electron chi connectivity index (χ1n) is 16.3. The molecule has 0 aliphatic carbocycles. The van der Waals surface area contributed by atoms with Crippen molar-refractivity contribution in [2.24, 2.45) is 0 Å². The van der Waals surface area contributed by atoms with E-state index >= 15 is 0 Å². The van der Waals surface area contributed by atoms with Gasteiger partial charge in [0.2, 0.25) is 0 Å². The topological polar surface area (TPSA) is 135 Å². The van der Waals surface area contributed by atoms with Crippen LogP contribution in [0.1, 0.15) is 90.5 Å². The van der Waals surface area contributed by atoms with Crippen molar-refractivity contribution in [1.82, 2.24) is 0 Å². The summed E-state index contributed by atoms with van der Waals surface area (Å²) in [5.41, 5.74) is 6.65. The fraction of sp³-hybridized carbons (Fsp3) is 0.304. The van der Waals surface area contributed by atoms with E-state index in [4.69, 9.17) is 23.9 Å². The van der Waals surface area contributed by atoms with Crippen LogP contribution in [0.15, 0.2) is 161 Å². The van der Waals surface area contributed by atoms with Crippen LogP contribution in [0.4, 0.5) is 0 Å². The molecule has 0 radical (unpaired) electrons. The molecule has 0 aromatic rings. The Kier molecular flexibility index (Phi) is 66.4. The van der Waals surface area contributed by atoms with E-state index in [0.29, 0.717) is 12.2 Å². The Morgan fingerprint density at radius 2 is 0.875 bits per heavy atom. The van der Waals surface area contributed by atoms with Gasteiger partial charge in [0.15, 0.2) is 0 Å². The van der Waals surface area contributed by atoms with Gasteiger partial charge in [-0.1, -0.05) is 153 Å². The maximum atomic E-state index is 11.5. The molecule has 56 heavy (non-hydrogen) atoms. The van der Waals surface area contributed by atoms with Gasteiger partial charge < -0.3 is 14.6 Å². The number of aliphatic carboxylic acids is 1. The SMILES string of the molecule is C.C.CCOC(=O)/C(C)=C/C=C/C(C)=C/C=C/C=C(C)/C=C/C=C(\C)CC.C[C-]=C/C=C/C(C)=C/C=C/C=C(C)/C=C/C=C(\C)C(=O)[O-].O=C=O.O=C=O.[Na+].[Na+]. The van der Waals surface area contributed by atoms with E-state index in [0.717, 1.165) is 23.1 Å². The van der Waals surface area contributed by atoms with Gasteiger partial charge in [-0.25, -0.2) is 16.9 Å². The number of ether oxygens (including phenoxy) is 1. The molecule has 0 aliphatic heterocycles. The van der Waals surface area contributed by atoms with E-state index < -0.39 is 5.97 Å². The zero-order chi connectivity index (χ0) is 40.6. The molecule has 0 amide bonds. The number of hydrogen-bond acceptors (Lipinski definition) is 8. The Balaban J connectivity index is -0.000000114. The van der Waals surface area contributed by atoms with E-state index in [1.165, 1.54) is 24.1 Å². The van der Waals surface area contributed by atoms with E-state index in [9.17, 15) is 14.7 Å². The van der Waals surface area contributed by atoms with Gasteiger partial charge in [0.25, 0.3) is 0 Å². The van der Waals surface area contributed by atoms with Gasteiger partial charge in [-0.15, -0.1) is 13.0 Å². The minimum atomic E-state index is -1.15. The number of allylic oxidation sites excluding steroid dienone is 26. The second-order valence-electron chi connectivity index (χ2n) is 10.5. The maximum Gasteiger partial charge on any atom is 1.00 e. The largest absolute Gasteiger partial charge is 1.00 e. The van der Waals surface area contributed by atoms with Crippen molar-refractivity contribution < 1.29 is 97.7 Å². The zero-order valence-electron chi connectivity index (χ0n) is 34.2. The maximum absolute atomic E-state index is 11.5. The van der Waals surface area contributed by atoms with Gasteiger partial charge in [-0.3, -0.25) is 6.08 Å². The molecule has 0 rings (SSSR count). The summed E-state index contributed by atoms with van der Waals surface area (Å²) in [5.74, 6) is -1.42. The predicted octanol–water partition coefficient (Wildman–Crippen LogP) is 4.15. The van der Waals surface area contributed by atoms with Crippen molar-refractivity contribution in [2.75, 3.05) is 6.61 Å². The summed E-state index contributed by atoms with van der Waals surface area (Å²) in [5, 5.41) is 10.5. The molecule has 0 fully saturated rings. The van der Waals surface area contributed by atoms with Gasteiger partial charge in [-0.05, 0) is 67.4 Å². The van der Waals surface area contributed by atoms with Gasteiger partial charge in [0.05, 0.1) is 12.6 Å². The van der Waals surface area contributed by atoms with Crippen molar-refractivity contribution in [1.29, 1.82) is 0 Å². The zero-order valence-corrected chi connectivity index (χ0v) is 38.2. The average Bonchev–Trinajstić information content (AvgIpc) is 3.09. The molecule has 0 saturated heterocycles. The van der Waals surface area contributed by atoms with Gasteiger partial charge in [-0.2, -0.15) is 19.2 Å². The number of carbonyl (C=O) groups excluding carboxylic acids is 6. The van der Waals surface area contributed by atoms with Crippen LogP contribution in [-0.4, -0.2) is 30.8 Å². The molecule has 0 atom stereocenters. The summed E-state index contributed by atoms with van der Waals surface area (Å²) in [7, 11) is 0. The summed E-state index contributed by atoms with van der Waals surface area (Å²) >= 11 is 0. The van der Waals surface area contributed by atoms with Crippen LogP contribution in [0.5, 0.6) is 0 Å². The van der Waals surface area contributed by atoms with Crippen LogP contribution in [0, 0.1) is 6.08 Å². The van der Waals surface area contributed by atoms with Crippen LogP contribution in [-0.2, 0) is 33.5 Å². The number of esters is 1. The summed E-state index contributed by atoms with van der Waals surface area (Å²) in [6.07, 6.45) is 43.3. The fourth-order valence-corrected chi connectivity index (χ4v) is 2.90. The first-order valence-corrected chi connectivity index (χ1v) is 16.3. The molecule has 0 saturated carbocycles. The Morgan fingerprint density at radius 3 is 1.18 bits per heavy atom. The molecule has 10 heteroatoms. The van der Waals surface area contributed by atoms with Crippen LogP contribution in [0.2, 0.25) is 0 Å². The number of rotatable bonds is 16. The van der Waals surface area contributed by atoms with Crippen molar-refractivity contribution in [3.05, 3.63) is 167 Å². The molecule has 0 aliphatic rings. The predicted molar refractivity (Wildman–Crippen MR) is 220 cm³/mol. The van der Waals surface area contributed by atoms with Crippen LogP contribution in [0.3, 0.4) is 0 Å². The molecule has 296 valence electrons. The fourth-order valence-electron chi connectivity index (χ4n) is 2.90. The molecule has 0 aromatic heterocycles. The summed E-state index contributed by atoms with van der Waals surface area (Å²) in [6, 6.07) is 0. The molecule has 0 heterocycles. The standard InChI is InChI=1S/C23H32O2.C19H23O2.2CO2.2CH4.2Na/c1-7-19(3)15-11-16-20(4)13-9-10-14-21(5)17-12-18-22(6)23(24)25-8-2;1-5-6-7-11-16(2)12-8-9-13-17(3)14-10-15-18(4)19(20)21;2*2-1-3;;;;/h9-18H,7-8H2,1-6H3;6-15H,1-4H3,(H,20,21);;;2*1H4;;/q;-1;;;;;2*+1/p-1/b10-9+,16-11+,17-12+,19-15+,20-13+,21-14+,22-18+;9-8+,11-7+,14-10+,16-12+,17-13+,18-15+;;;;;;. The third kappa shape index (κ3) is 56.8. The molecule has 0 spiro atoms. The van der Waals surface area contributed by atoms with E-state index in [-0.39, 0.29) is 97.8 Å². The second kappa shape index (κ2) is 53.2. The van der Waals surface area contributed by atoms with E-state index in [1.807, 2.05) is 107 Å². The minimum Gasteiger partial charge on any atom is -0.545 e. The van der Waals surface area contributed by atoms with Crippen LogP contribution >= 0.6 is 0 Å². The molecule has 0 bridgehead atoms. The summed E-state index contributed by atoms with van der Waals surface area (Å²) < 4.78 is 4.93. The van der Waals surface area contributed by atoms with Crippen LogP contribution < -0.4 is 64.2 Å². The Labute approximate surface area is 382 Å². The summed E-state index contributed by atoms with van der Waals surface area (Å²) in [4.78, 5) is 54.4. The number of carbonyl (C=O) groups is 2. The quantitative estimate of drug-likeness (QED) is 0.0750. The van der Waals surface area contributed by atoms with Crippen molar-refractivity contribution >= 4 is 24.2 Å². The van der Waals surface area contributed by atoms with Gasteiger partial charge >= 0.3 is 77.4 Å². The molecular weight excluding hydrogens is 726 g/mol. The Hall–Kier alpha value is -3.94. The summed E-state index contributed by atoms with van der Waals surface area (Å²) in [6.45, 7) is 19.7. The molecule has 0 unspecified atom stereocenters. The molecular formula is C46H62Na2O8. The Bertz CT molecular complexity index is 1560. The minimum absolute atomic E-state index is 0. The number of hydrogen-bond donors (Lipinski definition) is 0. The third-order valence-corrected chi connectivity index (χ3v) is 5.91. The molecule has 0 aromatic carbocycles. The van der Waals surface area contributed by atoms with Crippen molar-refractivity contribution in [2.45, 2.75) is 90.5 Å². The second-order valence-corrected chi connectivity index (χ2v) is 10.5. The monoisotopic (exact) mass is 788 g/mol. The third-order valence-electron chi connectivity index (χ3n) is 5.91. The van der Waals surface area contributed by atoms with Gasteiger partial charge in [0, 0.05) is 5.57 Å². The Morgan fingerprint density at radius 1 is 0.554 bits per heavy atom. The number of carboxylic acids is 1. The first kappa shape index (κ1) is 69.9. The van der Waals surface area contributed by atoms with Gasteiger partial charge in [0.1, 0.15) is 0 Å². The normalized spacial score (nSPS) is 12.6. The average molecular weight is 789 g/mol.